The number of aryl methyl sites for hydroxylation is 1. The van der Waals surface area contributed by atoms with Crippen molar-refractivity contribution in [2.45, 2.75) is 39.2 Å². The van der Waals surface area contributed by atoms with Gasteiger partial charge < -0.3 is 20.5 Å². The summed E-state index contributed by atoms with van der Waals surface area (Å²) in [5.41, 5.74) is 2.19. The zero-order valence-corrected chi connectivity index (χ0v) is 16.6. The quantitative estimate of drug-likeness (QED) is 0.571. The number of anilines is 1. The smallest absolute Gasteiger partial charge is 0.341 e. The molecule has 2 rings (SSSR count). The number of aliphatic carboxylic acids is 1. The normalized spacial score (nSPS) is 11.4. The molecule has 2 aromatic carbocycles. The fraction of sp³-hybridized carbons (Fsp3) is 0.318. The maximum Gasteiger partial charge on any atom is 0.341 e. The number of carbonyl (C=O) groups excluding carboxylic acids is 2. The number of nitrogens with one attached hydrogen (secondary N) is 2. The van der Waals surface area contributed by atoms with E-state index in [2.05, 4.69) is 10.6 Å². The van der Waals surface area contributed by atoms with E-state index in [-0.39, 0.29) is 18.2 Å². The van der Waals surface area contributed by atoms with Crippen molar-refractivity contribution < 1.29 is 24.2 Å². The second-order valence-corrected chi connectivity index (χ2v) is 6.72. The summed E-state index contributed by atoms with van der Waals surface area (Å²) in [6, 6.07) is 13.6. The maximum absolute atomic E-state index is 12.7. The van der Waals surface area contributed by atoms with Crippen LogP contribution in [0.4, 0.5) is 5.69 Å². The Labute approximate surface area is 170 Å². The van der Waals surface area contributed by atoms with Crippen LogP contribution in [0, 0.1) is 6.92 Å². The van der Waals surface area contributed by atoms with Crippen molar-refractivity contribution in [1.29, 1.82) is 0 Å². The highest BCUT2D eigenvalue weighted by Gasteiger charge is 2.20. The van der Waals surface area contributed by atoms with Gasteiger partial charge in [-0.2, -0.15) is 0 Å². The van der Waals surface area contributed by atoms with Crippen molar-refractivity contribution in [3.63, 3.8) is 0 Å². The van der Waals surface area contributed by atoms with E-state index >= 15 is 0 Å². The lowest BCUT2D eigenvalue weighted by molar-refractivity contribution is -0.139. The first-order valence-corrected chi connectivity index (χ1v) is 9.48. The maximum atomic E-state index is 12.7. The Morgan fingerprint density at radius 1 is 1.10 bits per heavy atom. The van der Waals surface area contributed by atoms with Crippen LogP contribution in [0.25, 0.3) is 0 Å². The van der Waals surface area contributed by atoms with Crippen LogP contribution >= 0.6 is 0 Å². The molecule has 154 valence electrons. The van der Waals surface area contributed by atoms with Gasteiger partial charge in [-0.3, -0.25) is 9.59 Å². The van der Waals surface area contributed by atoms with E-state index in [0.29, 0.717) is 17.9 Å². The Bertz CT molecular complexity index is 852. The molecule has 1 unspecified atom stereocenters. The minimum atomic E-state index is -1.06. The van der Waals surface area contributed by atoms with Crippen LogP contribution in [0.2, 0.25) is 0 Å². The molecule has 0 spiro atoms. The lowest BCUT2D eigenvalue weighted by Gasteiger charge is -2.19. The Morgan fingerprint density at radius 2 is 1.83 bits per heavy atom. The summed E-state index contributed by atoms with van der Waals surface area (Å²) in [6.07, 6.45) is 1.47. The van der Waals surface area contributed by atoms with Crippen LogP contribution in [0.15, 0.2) is 48.5 Å². The molecule has 29 heavy (non-hydrogen) atoms. The first kappa shape index (κ1) is 21.9. The van der Waals surface area contributed by atoms with E-state index in [1.54, 1.807) is 25.1 Å². The number of carboxylic acid groups (broad SMARTS) is 1. The first-order chi connectivity index (χ1) is 13.9. The van der Waals surface area contributed by atoms with Crippen LogP contribution in [0.5, 0.6) is 5.75 Å². The summed E-state index contributed by atoms with van der Waals surface area (Å²) in [6.45, 7) is 3.30. The predicted molar refractivity (Wildman–Crippen MR) is 110 cm³/mol. The molecule has 7 nitrogen and oxygen atoms in total. The third-order valence-corrected chi connectivity index (χ3v) is 4.25. The lowest BCUT2D eigenvalue weighted by Crippen LogP contribution is -2.44. The van der Waals surface area contributed by atoms with E-state index in [1.165, 1.54) is 0 Å². The molecule has 2 amide bonds. The van der Waals surface area contributed by atoms with Crippen LogP contribution < -0.4 is 15.4 Å². The van der Waals surface area contributed by atoms with Gasteiger partial charge in [0.1, 0.15) is 11.8 Å². The van der Waals surface area contributed by atoms with Crippen molar-refractivity contribution >= 4 is 23.5 Å². The Morgan fingerprint density at radius 3 is 2.45 bits per heavy atom. The summed E-state index contributed by atoms with van der Waals surface area (Å²) in [4.78, 5) is 35.6. The first-order valence-electron chi connectivity index (χ1n) is 9.48. The molecule has 7 heteroatoms. The topological polar surface area (TPSA) is 105 Å². The number of carbonyl (C=O) groups is 3. The van der Waals surface area contributed by atoms with Gasteiger partial charge in [-0.1, -0.05) is 43.7 Å². The Hall–Kier alpha value is -3.35. The molecule has 0 fully saturated rings. The van der Waals surface area contributed by atoms with Crippen molar-refractivity contribution in [3.05, 3.63) is 59.7 Å². The van der Waals surface area contributed by atoms with E-state index < -0.39 is 18.6 Å². The number of amides is 2. The van der Waals surface area contributed by atoms with Crippen LogP contribution in [0.3, 0.4) is 0 Å². The molecule has 0 aliphatic heterocycles. The van der Waals surface area contributed by atoms with E-state index in [9.17, 15) is 14.4 Å². The van der Waals surface area contributed by atoms with Crippen molar-refractivity contribution in [1.82, 2.24) is 5.32 Å². The van der Waals surface area contributed by atoms with E-state index in [0.717, 1.165) is 17.5 Å². The van der Waals surface area contributed by atoms with E-state index in [1.807, 2.05) is 37.3 Å². The van der Waals surface area contributed by atoms with Crippen LogP contribution in [0.1, 0.15) is 30.9 Å². The van der Waals surface area contributed by atoms with Gasteiger partial charge in [0.15, 0.2) is 6.61 Å². The fourth-order valence-corrected chi connectivity index (χ4v) is 2.82. The molecular weight excluding hydrogens is 372 g/mol. The number of carboxylic acids is 1. The van der Waals surface area contributed by atoms with Gasteiger partial charge in [0.25, 0.3) is 0 Å². The van der Waals surface area contributed by atoms with Gasteiger partial charge in [-0.05, 0) is 42.7 Å². The summed E-state index contributed by atoms with van der Waals surface area (Å²) < 4.78 is 5.13. The summed E-state index contributed by atoms with van der Waals surface area (Å²) in [5, 5.41) is 14.3. The largest absolute Gasteiger partial charge is 0.482 e. The summed E-state index contributed by atoms with van der Waals surface area (Å²) in [5.74, 6) is -1.16. The van der Waals surface area contributed by atoms with Crippen LogP contribution in [-0.2, 0) is 20.8 Å². The molecule has 1 atom stereocenters. The highest BCUT2D eigenvalue weighted by molar-refractivity contribution is 5.98. The van der Waals surface area contributed by atoms with Crippen molar-refractivity contribution in [2.24, 2.45) is 0 Å². The zero-order valence-electron chi connectivity index (χ0n) is 16.6. The van der Waals surface area contributed by atoms with Crippen molar-refractivity contribution in [2.75, 3.05) is 11.9 Å². The second-order valence-electron chi connectivity index (χ2n) is 6.72. The molecular formula is C22H26N2O5. The average molecular weight is 398 g/mol. The molecule has 2 aromatic rings. The molecule has 0 saturated heterocycles. The summed E-state index contributed by atoms with van der Waals surface area (Å²) >= 11 is 0. The van der Waals surface area contributed by atoms with Gasteiger partial charge in [0.2, 0.25) is 11.8 Å². The lowest BCUT2D eigenvalue weighted by atomic mass is 10.1. The molecule has 0 heterocycles. The number of benzene rings is 2. The molecule has 0 aliphatic rings. The number of ether oxygens (including phenoxy) is 1. The minimum Gasteiger partial charge on any atom is -0.482 e. The third kappa shape index (κ3) is 7.29. The highest BCUT2D eigenvalue weighted by atomic mass is 16.5. The summed E-state index contributed by atoms with van der Waals surface area (Å²) in [7, 11) is 0. The van der Waals surface area contributed by atoms with Gasteiger partial charge in [0.05, 0.1) is 6.42 Å². The number of hydrogen-bond donors (Lipinski definition) is 3. The van der Waals surface area contributed by atoms with Crippen LogP contribution in [-0.4, -0.2) is 35.5 Å². The second kappa shape index (κ2) is 10.8. The molecule has 0 aliphatic carbocycles. The average Bonchev–Trinajstić information content (AvgIpc) is 2.68. The molecule has 3 N–H and O–H groups in total. The zero-order chi connectivity index (χ0) is 21.2. The number of hydrogen-bond acceptors (Lipinski definition) is 4. The molecule has 0 bridgehead atoms. The monoisotopic (exact) mass is 398 g/mol. The molecule has 0 radical (unpaired) electrons. The Kier molecular flexibility index (Phi) is 8.21. The predicted octanol–water partition coefficient (Wildman–Crippen LogP) is 2.92. The van der Waals surface area contributed by atoms with Gasteiger partial charge in [-0.15, -0.1) is 0 Å². The highest BCUT2D eigenvalue weighted by Crippen LogP contribution is 2.22. The van der Waals surface area contributed by atoms with Crippen molar-refractivity contribution in [3.8, 4) is 5.75 Å². The van der Waals surface area contributed by atoms with E-state index in [4.69, 9.17) is 9.84 Å². The fourth-order valence-electron chi connectivity index (χ4n) is 2.82. The SMILES string of the molecule is CCCC(NC(=O)Cc1ccccc1)C(=O)Nc1ccc(OCC(=O)O)cc1C. The Balaban J connectivity index is 1.99. The third-order valence-electron chi connectivity index (χ3n) is 4.25. The van der Waals surface area contributed by atoms with Gasteiger partial charge in [-0.25, -0.2) is 4.79 Å². The van der Waals surface area contributed by atoms with Gasteiger partial charge in [0, 0.05) is 5.69 Å². The minimum absolute atomic E-state index is 0.209. The van der Waals surface area contributed by atoms with Gasteiger partial charge >= 0.3 is 5.97 Å². The molecule has 0 saturated carbocycles. The molecule has 0 aromatic heterocycles. The standard InChI is InChI=1S/C22H26N2O5/c1-3-7-19(23-20(25)13-16-8-5-4-6-9-16)22(28)24-18-11-10-17(12-15(18)2)29-14-21(26)27/h4-6,8-12,19H,3,7,13-14H2,1-2H3,(H,23,25)(H,24,28)(H,26,27). The number of rotatable bonds is 10.